The Labute approximate surface area is 95.0 Å². The monoisotopic (exact) mass is 217 g/mol. The van der Waals surface area contributed by atoms with Crippen molar-refractivity contribution >= 4 is 17.4 Å². The molecule has 1 amide bonds. The maximum absolute atomic E-state index is 11.2. The second kappa shape index (κ2) is 4.79. The molecule has 1 N–H and O–H groups in total. The van der Waals surface area contributed by atoms with Crippen LogP contribution in [0, 0.1) is 0 Å². The van der Waals surface area contributed by atoms with Gasteiger partial charge in [-0.25, -0.2) is 0 Å². The summed E-state index contributed by atoms with van der Waals surface area (Å²) < 4.78 is 0. The molecule has 0 fully saturated rings. The highest BCUT2D eigenvalue weighted by molar-refractivity contribution is 5.99. The summed E-state index contributed by atoms with van der Waals surface area (Å²) in [5, 5.41) is 9.07. The van der Waals surface area contributed by atoms with Crippen LogP contribution in [0.25, 0.3) is 0 Å². The first-order valence-corrected chi connectivity index (χ1v) is 5.49. The number of nitrogens with one attached hydrogen (secondary N) is 1. The zero-order valence-corrected chi connectivity index (χ0v) is 9.31. The molecule has 1 heterocycles. The molecule has 0 saturated carbocycles. The molecule has 1 aromatic rings. The predicted octanol–water partition coefficient (Wildman–Crippen LogP) is 1.74. The van der Waals surface area contributed by atoms with E-state index in [1.165, 1.54) is 0 Å². The summed E-state index contributed by atoms with van der Waals surface area (Å²) in [5.41, 5.74) is 1.06. The van der Waals surface area contributed by atoms with Gasteiger partial charge in [0.2, 0.25) is 5.91 Å². The molecule has 0 unspecified atom stereocenters. The Kier molecular flexibility index (Phi) is 3.19. The minimum Gasteiger partial charge on any atom is -0.313 e. The van der Waals surface area contributed by atoms with E-state index in [9.17, 15) is 4.79 Å². The second-order valence-corrected chi connectivity index (χ2v) is 3.66. The summed E-state index contributed by atoms with van der Waals surface area (Å²) in [6.07, 6.45) is 1.28. The van der Waals surface area contributed by atoms with E-state index in [0.717, 1.165) is 24.5 Å². The molecule has 0 spiro atoms. The number of anilines is 1. The van der Waals surface area contributed by atoms with Crippen molar-refractivity contribution in [3.8, 4) is 0 Å². The average Bonchev–Trinajstić information content (AvgIpc) is 2.78. The number of hydrazone groups is 1. The topological polar surface area (TPSA) is 44.7 Å². The first-order valence-electron chi connectivity index (χ1n) is 5.49. The van der Waals surface area contributed by atoms with Gasteiger partial charge in [-0.1, -0.05) is 25.1 Å². The Morgan fingerprint density at radius 2 is 2.19 bits per heavy atom. The van der Waals surface area contributed by atoms with Crippen LogP contribution < -0.4 is 10.3 Å². The fourth-order valence-electron chi connectivity index (χ4n) is 1.58. The largest absolute Gasteiger partial charge is 0.313 e. The molecule has 0 aromatic heterocycles. The van der Waals surface area contributed by atoms with Gasteiger partial charge in [-0.2, -0.15) is 5.10 Å². The molecule has 0 aliphatic carbocycles. The van der Waals surface area contributed by atoms with Crippen molar-refractivity contribution in [3.63, 3.8) is 0 Å². The van der Waals surface area contributed by atoms with E-state index in [1.807, 2.05) is 42.3 Å². The molecule has 2 rings (SSSR count). The van der Waals surface area contributed by atoms with Gasteiger partial charge in [0.05, 0.1) is 5.69 Å². The lowest BCUT2D eigenvalue weighted by Crippen LogP contribution is -2.28. The summed E-state index contributed by atoms with van der Waals surface area (Å²) in [4.78, 5) is 11.2. The van der Waals surface area contributed by atoms with Gasteiger partial charge >= 0.3 is 0 Å². The van der Waals surface area contributed by atoms with E-state index in [0.29, 0.717) is 6.42 Å². The Morgan fingerprint density at radius 3 is 2.88 bits per heavy atom. The molecule has 0 radical (unpaired) electrons. The summed E-state index contributed by atoms with van der Waals surface area (Å²) in [5.74, 6) is 0.782. The SMILES string of the molecule is CCC(=O)NC1=NN(c2ccccc2)CC1. The van der Waals surface area contributed by atoms with Gasteiger partial charge in [0.25, 0.3) is 0 Å². The third-order valence-electron chi connectivity index (χ3n) is 2.46. The Morgan fingerprint density at radius 1 is 1.44 bits per heavy atom. The van der Waals surface area contributed by atoms with Crippen LogP contribution >= 0.6 is 0 Å². The number of nitrogens with zero attached hydrogens (tertiary/aromatic N) is 2. The lowest BCUT2D eigenvalue weighted by atomic mass is 10.3. The van der Waals surface area contributed by atoms with Crippen molar-refractivity contribution < 1.29 is 4.79 Å². The van der Waals surface area contributed by atoms with Crippen LogP contribution in [-0.4, -0.2) is 18.3 Å². The smallest absolute Gasteiger partial charge is 0.225 e. The number of hydrogen-bond acceptors (Lipinski definition) is 3. The molecule has 16 heavy (non-hydrogen) atoms. The molecule has 4 nitrogen and oxygen atoms in total. The molecule has 0 bridgehead atoms. The van der Waals surface area contributed by atoms with E-state index in [-0.39, 0.29) is 5.91 Å². The number of carbonyl (C=O) groups is 1. The number of benzene rings is 1. The number of amidine groups is 1. The third kappa shape index (κ3) is 2.39. The molecular formula is C12H15N3O. The summed E-state index contributed by atoms with van der Waals surface area (Å²) >= 11 is 0. The summed E-state index contributed by atoms with van der Waals surface area (Å²) in [6, 6.07) is 9.95. The van der Waals surface area contributed by atoms with E-state index < -0.39 is 0 Å². The summed E-state index contributed by atoms with van der Waals surface area (Å²) in [7, 11) is 0. The second-order valence-electron chi connectivity index (χ2n) is 3.66. The Bertz CT molecular complexity index is 400. The zero-order chi connectivity index (χ0) is 11.4. The first kappa shape index (κ1) is 10.7. The zero-order valence-electron chi connectivity index (χ0n) is 9.31. The van der Waals surface area contributed by atoms with Crippen molar-refractivity contribution in [1.82, 2.24) is 5.32 Å². The molecule has 0 saturated heterocycles. The van der Waals surface area contributed by atoms with Gasteiger partial charge < -0.3 is 5.32 Å². The number of hydrogen-bond donors (Lipinski definition) is 1. The minimum atomic E-state index is 0.0219. The first-order chi connectivity index (χ1) is 7.79. The standard InChI is InChI=1S/C12H15N3O/c1-2-12(16)13-11-8-9-15(14-11)10-6-4-3-5-7-10/h3-7H,2,8-9H2,1H3,(H,13,14,16). The number of para-hydroxylation sites is 1. The van der Waals surface area contributed by atoms with Crippen LogP contribution in [0.3, 0.4) is 0 Å². The third-order valence-corrected chi connectivity index (χ3v) is 2.46. The highest BCUT2D eigenvalue weighted by Gasteiger charge is 2.16. The maximum Gasteiger partial charge on any atom is 0.225 e. The number of amides is 1. The Hall–Kier alpha value is -1.84. The van der Waals surface area contributed by atoms with Crippen LogP contribution in [0.15, 0.2) is 35.4 Å². The quantitative estimate of drug-likeness (QED) is 0.820. The van der Waals surface area contributed by atoms with E-state index in [1.54, 1.807) is 0 Å². The lowest BCUT2D eigenvalue weighted by molar-refractivity contribution is -0.119. The fraction of sp³-hybridized carbons (Fsp3) is 0.333. The van der Waals surface area contributed by atoms with E-state index >= 15 is 0 Å². The van der Waals surface area contributed by atoms with Gasteiger partial charge in [0, 0.05) is 19.4 Å². The van der Waals surface area contributed by atoms with Crippen molar-refractivity contribution in [3.05, 3.63) is 30.3 Å². The van der Waals surface area contributed by atoms with Crippen molar-refractivity contribution in [2.75, 3.05) is 11.6 Å². The van der Waals surface area contributed by atoms with Gasteiger partial charge in [0.15, 0.2) is 0 Å². The minimum absolute atomic E-state index is 0.0219. The molecule has 4 heteroatoms. The van der Waals surface area contributed by atoms with Gasteiger partial charge in [-0.3, -0.25) is 9.80 Å². The normalized spacial score (nSPS) is 14.8. The van der Waals surface area contributed by atoms with Crippen molar-refractivity contribution in [2.45, 2.75) is 19.8 Å². The van der Waals surface area contributed by atoms with Gasteiger partial charge in [0.1, 0.15) is 5.84 Å². The predicted molar refractivity (Wildman–Crippen MR) is 64.3 cm³/mol. The maximum atomic E-state index is 11.2. The number of rotatable bonds is 2. The molecule has 1 aliphatic rings. The highest BCUT2D eigenvalue weighted by atomic mass is 16.1. The Balaban J connectivity index is 2.03. The van der Waals surface area contributed by atoms with Gasteiger partial charge in [-0.15, -0.1) is 0 Å². The van der Waals surface area contributed by atoms with Crippen LogP contribution in [0.5, 0.6) is 0 Å². The average molecular weight is 217 g/mol. The molecular weight excluding hydrogens is 202 g/mol. The molecule has 84 valence electrons. The molecule has 1 aromatic carbocycles. The van der Waals surface area contributed by atoms with E-state index in [4.69, 9.17) is 0 Å². The number of carbonyl (C=O) groups excluding carboxylic acids is 1. The van der Waals surface area contributed by atoms with Crippen LogP contribution in [-0.2, 0) is 4.79 Å². The fourth-order valence-corrected chi connectivity index (χ4v) is 1.58. The van der Waals surface area contributed by atoms with E-state index in [2.05, 4.69) is 10.4 Å². The van der Waals surface area contributed by atoms with Gasteiger partial charge in [-0.05, 0) is 12.1 Å². The summed E-state index contributed by atoms with van der Waals surface area (Å²) in [6.45, 7) is 2.66. The van der Waals surface area contributed by atoms with Crippen LogP contribution in [0.4, 0.5) is 5.69 Å². The molecule has 1 aliphatic heterocycles. The van der Waals surface area contributed by atoms with Crippen LogP contribution in [0.2, 0.25) is 0 Å². The van der Waals surface area contributed by atoms with Crippen LogP contribution in [0.1, 0.15) is 19.8 Å². The molecule has 0 atom stereocenters. The lowest BCUT2D eigenvalue weighted by Gasteiger charge is -2.12. The van der Waals surface area contributed by atoms with Crippen molar-refractivity contribution in [1.29, 1.82) is 0 Å². The highest BCUT2D eigenvalue weighted by Crippen LogP contribution is 2.17. The van der Waals surface area contributed by atoms with Crippen molar-refractivity contribution in [2.24, 2.45) is 5.10 Å².